The molecule has 188 valence electrons. The number of benzene rings is 1. The van der Waals surface area contributed by atoms with Crippen molar-refractivity contribution in [3.05, 3.63) is 68.5 Å². The Morgan fingerprint density at radius 1 is 1.31 bits per heavy atom. The van der Waals surface area contributed by atoms with Gasteiger partial charge in [0.25, 0.3) is 5.91 Å². The first kappa shape index (κ1) is 24.8. The first-order valence-electron chi connectivity index (χ1n) is 11.7. The minimum atomic E-state index is -0.895. The maximum atomic E-state index is 13.6. The van der Waals surface area contributed by atoms with E-state index in [1.165, 1.54) is 12.1 Å². The summed E-state index contributed by atoms with van der Waals surface area (Å²) in [5.41, 5.74) is 5.45. The van der Waals surface area contributed by atoms with Gasteiger partial charge in [0.05, 0.1) is 16.2 Å². The summed E-state index contributed by atoms with van der Waals surface area (Å²) in [5, 5.41) is 6.00. The normalized spacial score (nSPS) is 18.3. The van der Waals surface area contributed by atoms with Crippen LogP contribution in [0.5, 0.6) is 0 Å². The molecule has 11 heteroatoms. The molecule has 3 aliphatic rings. The lowest BCUT2D eigenvalue weighted by molar-refractivity contribution is -0.130. The molecular weight excluding hydrogens is 598 g/mol. The third kappa shape index (κ3) is 4.88. The van der Waals surface area contributed by atoms with E-state index >= 15 is 0 Å². The van der Waals surface area contributed by atoms with E-state index in [0.29, 0.717) is 41.3 Å². The van der Waals surface area contributed by atoms with Gasteiger partial charge in [0.2, 0.25) is 5.91 Å². The Kier molecular flexibility index (Phi) is 7.07. The number of nitrogens with one attached hydrogen (secondary N) is 3. The predicted molar refractivity (Wildman–Crippen MR) is 146 cm³/mol. The van der Waals surface area contributed by atoms with Gasteiger partial charge in [0.1, 0.15) is 32.9 Å². The Morgan fingerprint density at radius 3 is 2.83 bits per heavy atom. The number of carbonyl (C=O) groups is 2. The van der Waals surface area contributed by atoms with E-state index < -0.39 is 27.1 Å². The van der Waals surface area contributed by atoms with Crippen molar-refractivity contribution < 1.29 is 14.0 Å². The number of aromatic amines is 1. The lowest BCUT2D eigenvalue weighted by Gasteiger charge is -2.15. The van der Waals surface area contributed by atoms with Gasteiger partial charge in [-0.1, -0.05) is 11.6 Å². The smallest absolute Gasteiger partial charge is 0.257 e. The number of halogens is 3. The zero-order valence-corrected chi connectivity index (χ0v) is 22.8. The van der Waals surface area contributed by atoms with Crippen LogP contribution in [-0.2, 0) is 16.0 Å². The molecular formula is C25H25ClFIN6O2. The van der Waals surface area contributed by atoms with Gasteiger partial charge in [0.15, 0.2) is 5.84 Å². The monoisotopic (exact) mass is 622 g/mol. The minimum absolute atomic E-state index is 0.00499. The Morgan fingerprint density at radius 2 is 2.08 bits per heavy atom. The average Bonchev–Trinajstić information content (AvgIpc) is 3.55. The highest BCUT2D eigenvalue weighted by molar-refractivity contribution is 14.1. The highest BCUT2D eigenvalue weighted by Gasteiger charge is 2.34. The fourth-order valence-electron chi connectivity index (χ4n) is 4.69. The van der Waals surface area contributed by atoms with E-state index in [1.54, 1.807) is 12.1 Å². The zero-order chi connectivity index (χ0) is 25.4. The third-order valence-electron chi connectivity index (χ3n) is 6.61. The molecule has 0 atom stereocenters. The summed E-state index contributed by atoms with van der Waals surface area (Å²) in [5.74, 6) is 0.402. The van der Waals surface area contributed by atoms with E-state index in [4.69, 9.17) is 11.6 Å². The van der Waals surface area contributed by atoms with Crippen LogP contribution in [-0.4, -0.2) is 40.6 Å². The average molecular weight is 623 g/mol. The molecule has 2 saturated heterocycles. The molecule has 0 radical (unpaired) electrons. The Labute approximate surface area is 223 Å². The zero-order valence-electron chi connectivity index (χ0n) is 19.8. The molecule has 2 aromatic rings. The van der Waals surface area contributed by atoms with Gasteiger partial charge in [-0.15, -0.1) is 0 Å². The molecule has 8 nitrogen and oxygen atoms in total. The van der Waals surface area contributed by atoms with Crippen molar-refractivity contribution in [1.82, 2.24) is 15.2 Å². The summed E-state index contributed by atoms with van der Waals surface area (Å²) in [6.07, 6.45) is 5.07. The summed E-state index contributed by atoms with van der Waals surface area (Å²) < 4.78 is 22.6. The van der Waals surface area contributed by atoms with Gasteiger partial charge in [-0.25, -0.2) is 4.39 Å². The summed E-state index contributed by atoms with van der Waals surface area (Å²) in [6, 6.07) is 4.32. The van der Waals surface area contributed by atoms with Crippen LogP contribution in [0.2, 0.25) is 5.02 Å². The van der Waals surface area contributed by atoms with Crippen molar-refractivity contribution in [1.29, 1.82) is 0 Å². The summed E-state index contributed by atoms with van der Waals surface area (Å²) in [6.45, 7) is 5.68. The molecule has 5 rings (SSSR count). The predicted octanol–water partition coefficient (Wildman–Crippen LogP) is 5.30. The molecule has 0 bridgehead atoms. The maximum Gasteiger partial charge on any atom is 0.257 e. The van der Waals surface area contributed by atoms with Crippen LogP contribution in [0.25, 0.3) is 6.08 Å². The van der Waals surface area contributed by atoms with Crippen molar-refractivity contribution in [2.24, 2.45) is 6.35 Å². The number of nitrogens with zero attached hydrogens (tertiary/aromatic N) is 3. The summed E-state index contributed by atoms with van der Waals surface area (Å²) >= 11 is 5.04. The third-order valence-corrected chi connectivity index (χ3v) is 8.30. The van der Waals surface area contributed by atoms with Crippen LogP contribution in [0.1, 0.15) is 41.8 Å². The minimum Gasteiger partial charge on any atom is -0.359 e. The number of hydrogen-bond donors (Lipinski definition) is 3. The molecule has 36 heavy (non-hydrogen) atoms. The quantitative estimate of drug-likeness (QED) is 0.301. The van der Waals surface area contributed by atoms with Crippen molar-refractivity contribution >= 4 is 62.3 Å². The first-order chi connectivity index (χ1) is 17.3. The van der Waals surface area contributed by atoms with Crippen LogP contribution in [0, 0.1) is 19.7 Å². The highest BCUT2D eigenvalue weighted by Crippen LogP contribution is 2.34. The van der Waals surface area contributed by atoms with Crippen molar-refractivity contribution in [3.63, 3.8) is 0 Å². The van der Waals surface area contributed by atoms with Gasteiger partial charge >= 0.3 is 0 Å². The van der Waals surface area contributed by atoms with E-state index in [2.05, 4.69) is 22.0 Å². The number of likely N-dealkylation sites (tertiary alicyclic amines) is 1. The lowest BCUT2D eigenvalue weighted by atomic mass is 10.0. The topological polar surface area (TPSA) is 102 Å². The summed E-state index contributed by atoms with van der Waals surface area (Å²) in [7, 11) is 0. The fraction of sp³-hybridized carbons (Fsp3) is 0.320. The Balaban J connectivity index is 1.44. The van der Waals surface area contributed by atoms with Crippen LogP contribution < -0.4 is 10.6 Å². The second-order valence-electron chi connectivity index (χ2n) is 8.94. The van der Waals surface area contributed by atoms with Gasteiger partial charge in [-0.2, -0.15) is 6.35 Å². The number of fused-ring (bicyclic) bond motifs is 1. The molecule has 2 fully saturated rings. The van der Waals surface area contributed by atoms with Gasteiger partial charge < -0.3 is 20.5 Å². The molecule has 0 spiro atoms. The number of carbonyl (C=O) groups excluding carboxylic acids is 2. The van der Waals surface area contributed by atoms with Gasteiger partial charge in [0, 0.05) is 36.6 Å². The Hall–Kier alpha value is -2.86. The molecule has 1 aromatic heterocycles. The van der Waals surface area contributed by atoms with Crippen LogP contribution >= 0.6 is 32.9 Å². The van der Waals surface area contributed by atoms with Gasteiger partial charge in [-0.3, -0.25) is 9.59 Å². The summed E-state index contributed by atoms with van der Waals surface area (Å²) in [4.78, 5) is 30.8. The SMILES string of the molecule is Cc1[nH]c(/C=C2\C(=O)NC3=NI=NC(Nc4ccc(F)c(Cl)c4)=C32)c(C)c1CCC(=O)N1CCCC1. The number of amidine groups is 1. The van der Waals surface area contributed by atoms with E-state index in [9.17, 15) is 14.0 Å². The lowest BCUT2D eigenvalue weighted by Crippen LogP contribution is -2.27. The number of amides is 2. The molecule has 4 heterocycles. The number of aromatic nitrogens is 1. The molecule has 0 saturated carbocycles. The van der Waals surface area contributed by atoms with E-state index in [1.807, 2.05) is 18.7 Å². The molecule has 0 unspecified atom stereocenters. The van der Waals surface area contributed by atoms with E-state index in [0.717, 1.165) is 48.4 Å². The second-order valence-corrected chi connectivity index (χ2v) is 10.7. The number of aryl methyl sites for hydroxylation is 1. The van der Waals surface area contributed by atoms with Crippen molar-refractivity contribution in [2.45, 2.75) is 39.5 Å². The number of hydrogen-bond acceptors (Lipinski definition) is 5. The maximum absolute atomic E-state index is 13.6. The highest BCUT2D eigenvalue weighted by atomic mass is 127. The standard InChI is InChI=1S/C25H25ClFIN6O2/c1-13-16(6-8-21(35)34-9-3-4-10-34)14(2)29-20(13)12-17-22-23(32-28-33-24(22)31-25(17)36)30-15-5-7-19(27)18(26)11-15/h5,7,11-12,29H,3-4,6,8-10H2,1-2H3,(H2,30,31,32,33,36)/b17-12-. The number of anilines is 1. The second kappa shape index (κ2) is 10.3. The molecule has 0 aliphatic carbocycles. The van der Waals surface area contributed by atoms with E-state index in [-0.39, 0.29) is 16.8 Å². The van der Waals surface area contributed by atoms with Gasteiger partial charge in [-0.05, 0) is 68.5 Å². The van der Waals surface area contributed by atoms with Crippen molar-refractivity contribution in [3.8, 4) is 0 Å². The van der Waals surface area contributed by atoms with Crippen LogP contribution in [0.15, 0.2) is 41.5 Å². The first-order valence-corrected chi connectivity index (χ1v) is 14.0. The van der Waals surface area contributed by atoms with Crippen LogP contribution in [0.4, 0.5) is 10.1 Å². The Bertz CT molecular complexity index is 1390. The molecule has 1 aromatic carbocycles. The number of rotatable bonds is 6. The molecule has 2 amide bonds. The fourth-order valence-corrected chi connectivity index (χ4v) is 6.13. The number of H-pyrrole nitrogens is 1. The molecule has 3 N–H and O–H groups in total. The largest absolute Gasteiger partial charge is 0.359 e. The molecule has 3 aliphatic heterocycles. The van der Waals surface area contributed by atoms with Crippen molar-refractivity contribution in [2.75, 3.05) is 18.4 Å². The van der Waals surface area contributed by atoms with Crippen LogP contribution in [0.3, 0.4) is 0 Å².